The van der Waals surface area contributed by atoms with E-state index < -0.39 is 5.82 Å². The first kappa shape index (κ1) is 16.6. The number of halogens is 1. The molecule has 1 aliphatic heterocycles. The zero-order chi connectivity index (χ0) is 15.9. The van der Waals surface area contributed by atoms with Gasteiger partial charge in [0.1, 0.15) is 0 Å². The van der Waals surface area contributed by atoms with Gasteiger partial charge in [0.2, 0.25) is 11.9 Å². The van der Waals surface area contributed by atoms with E-state index >= 15 is 0 Å². The third-order valence-corrected chi connectivity index (χ3v) is 3.95. The number of carbonyl (C=O) groups excluding carboxylic acids is 1. The lowest BCUT2D eigenvalue weighted by molar-refractivity contribution is -0.132. The van der Waals surface area contributed by atoms with Gasteiger partial charge in [0.25, 0.3) is 0 Å². The van der Waals surface area contributed by atoms with Crippen molar-refractivity contribution in [2.24, 2.45) is 0 Å². The molecular weight excluding hydrogens is 285 g/mol. The monoisotopic (exact) mass is 309 g/mol. The Kier molecular flexibility index (Phi) is 6.06. The summed E-state index contributed by atoms with van der Waals surface area (Å²) in [6.45, 7) is 9.18. The largest absolute Gasteiger partial charge is 0.342 e. The molecule has 1 amide bonds. The first-order chi connectivity index (χ1) is 10.6. The number of anilines is 1. The molecule has 0 bridgehead atoms. The number of likely N-dealkylation sites (N-methyl/N-ethyl adjacent to an activating group) is 1. The number of hydrogen-bond donors (Lipinski definition) is 0. The average Bonchev–Trinajstić information content (AvgIpc) is 2.75. The van der Waals surface area contributed by atoms with Gasteiger partial charge in [-0.25, -0.2) is 14.4 Å². The topological polar surface area (TPSA) is 52.6 Å². The molecule has 0 atom stereocenters. The van der Waals surface area contributed by atoms with Crippen LogP contribution in [-0.4, -0.2) is 71.5 Å². The molecular formula is C15H24FN5O. The third kappa shape index (κ3) is 4.37. The molecule has 2 rings (SSSR count). The molecule has 0 saturated carbocycles. The highest BCUT2D eigenvalue weighted by Gasteiger charge is 2.20. The van der Waals surface area contributed by atoms with Gasteiger partial charge in [0.05, 0.1) is 18.9 Å². The van der Waals surface area contributed by atoms with Crippen LogP contribution in [0.2, 0.25) is 0 Å². The van der Waals surface area contributed by atoms with E-state index in [1.807, 2.05) is 23.6 Å². The predicted molar refractivity (Wildman–Crippen MR) is 83.2 cm³/mol. The number of carbonyl (C=O) groups is 1. The minimum atomic E-state index is -0.426. The number of aromatic nitrogens is 2. The molecule has 1 fully saturated rings. The van der Waals surface area contributed by atoms with Crippen molar-refractivity contribution in [1.29, 1.82) is 0 Å². The molecule has 7 heteroatoms. The van der Waals surface area contributed by atoms with Crippen molar-refractivity contribution in [1.82, 2.24) is 19.8 Å². The van der Waals surface area contributed by atoms with Crippen LogP contribution in [0.3, 0.4) is 0 Å². The molecule has 1 saturated heterocycles. The highest BCUT2D eigenvalue weighted by atomic mass is 19.1. The summed E-state index contributed by atoms with van der Waals surface area (Å²) in [6, 6.07) is 0. The van der Waals surface area contributed by atoms with E-state index in [9.17, 15) is 9.18 Å². The number of hydrogen-bond acceptors (Lipinski definition) is 5. The van der Waals surface area contributed by atoms with Gasteiger partial charge in [-0.15, -0.1) is 0 Å². The minimum Gasteiger partial charge on any atom is -0.342 e. The van der Waals surface area contributed by atoms with Gasteiger partial charge in [0.15, 0.2) is 5.82 Å². The van der Waals surface area contributed by atoms with E-state index in [1.54, 1.807) is 0 Å². The molecule has 1 aliphatic rings. The Morgan fingerprint density at radius 1 is 1.18 bits per heavy atom. The lowest BCUT2D eigenvalue weighted by Crippen LogP contribution is -2.41. The fourth-order valence-corrected chi connectivity index (χ4v) is 2.67. The van der Waals surface area contributed by atoms with Crippen LogP contribution in [0.5, 0.6) is 0 Å². The Bertz CT molecular complexity index is 477. The van der Waals surface area contributed by atoms with Crippen LogP contribution in [-0.2, 0) is 4.79 Å². The minimum absolute atomic E-state index is 0.177. The van der Waals surface area contributed by atoms with Gasteiger partial charge in [0, 0.05) is 39.3 Å². The zero-order valence-electron chi connectivity index (χ0n) is 13.3. The maximum absolute atomic E-state index is 12.9. The molecule has 22 heavy (non-hydrogen) atoms. The lowest BCUT2D eigenvalue weighted by Gasteiger charge is -2.25. The van der Waals surface area contributed by atoms with Crippen LogP contribution in [0.25, 0.3) is 0 Å². The molecule has 122 valence electrons. The smallest absolute Gasteiger partial charge is 0.236 e. The Balaban J connectivity index is 1.89. The first-order valence-corrected chi connectivity index (χ1v) is 7.86. The fourth-order valence-electron chi connectivity index (χ4n) is 2.67. The van der Waals surface area contributed by atoms with E-state index in [2.05, 4.69) is 14.9 Å². The van der Waals surface area contributed by atoms with Gasteiger partial charge in [-0.1, -0.05) is 0 Å². The van der Waals surface area contributed by atoms with Crippen molar-refractivity contribution in [3.63, 3.8) is 0 Å². The molecule has 6 nitrogen and oxygen atoms in total. The lowest BCUT2D eigenvalue weighted by atomic mass is 10.3. The molecule has 0 spiro atoms. The Hall–Kier alpha value is -1.76. The summed E-state index contributed by atoms with van der Waals surface area (Å²) >= 11 is 0. The van der Waals surface area contributed by atoms with Crippen molar-refractivity contribution in [3.05, 3.63) is 18.2 Å². The van der Waals surface area contributed by atoms with E-state index in [1.165, 1.54) is 12.4 Å². The molecule has 1 aromatic rings. The number of amides is 1. The molecule has 0 aromatic carbocycles. The van der Waals surface area contributed by atoms with Crippen molar-refractivity contribution in [2.75, 3.05) is 50.7 Å². The predicted octanol–water partition coefficient (Wildman–Crippen LogP) is 0.996. The molecule has 0 unspecified atom stereocenters. The van der Waals surface area contributed by atoms with Crippen LogP contribution in [0.15, 0.2) is 12.4 Å². The summed E-state index contributed by atoms with van der Waals surface area (Å²) in [4.78, 5) is 26.3. The van der Waals surface area contributed by atoms with Crippen LogP contribution in [0.4, 0.5) is 10.3 Å². The second-order valence-corrected chi connectivity index (χ2v) is 5.38. The number of nitrogens with zero attached hydrogens (tertiary/aromatic N) is 5. The highest BCUT2D eigenvalue weighted by Crippen LogP contribution is 2.11. The Morgan fingerprint density at radius 3 is 2.50 bits per heavy atom. The van der Waals surface area contributed by atoms with Crippen molar-refractivity contribution >= 4 is 11.9 Å². The second kappa shape index (κ2) is 8.03. The molecule has 2 heterocycles. The maximum Gasteiger partial charge on any atom is 0.236 e. The molecule has 0 aliphatic carbocycles. The van der Waals surface area contributed by atoms with E-state index in [0.29, 0.717) is 12.5 Å². The van der Waals surface area contributed by atoms with E-state index in [0.717, 1.165) is 45.7 Å². The van der Waals surface area contributed by atoms with Gasteiger partial charge >= 0.3 is 0 Å². The summed E-state index contributed by atoms with van der Waals surface area (Å²) in [5.74, 6) is 0.305. The summed E-state index contributed by atoms with van der Waals surface area (Å²) < 4.78 is 12.9. The SMILES string of the molecule is CCN(CC)C(=O)CN1CCCN(c2ncc(F)cn2)CC1. The molecule has 0 N–H and O–H groups in total. The van der Waals surface area contributed by atoms with Crippen LogP contribution in [0, 0.1) is 5.82 Å². The summed E-state index contributed by atoms with van der Waals surface area (Å²) in [5.41, 5.74) is 0. The van der Waals surface area contributed by atoms with Crippen molar-refractivity contribution in [2.45, 2.75) is 20.3 Å². The summed E-state index contributed by atoms with van der Waals surface area (Å²) in [6.07, 6.45) is 3.32. The highest BCUT2D eigenvalue weighted by molar-refractivity contribution is 5.78. The van der Waals surface area contributed by atoms with Crippen LogP contribution in [0.1, 0.15) is 20.3 Å². The Morgan fingerprint density at radius 2 is 1.86 bits per heavy atom. The third-order valence-electron chi connectivity index (χ3n) is 3.95. The van der Waals surface area contributed by atoms with E-state index in [-0.39, 0.29) is 5.91 Å². The van der Waals surface area contributed by atoms with Crippen LogP contribution < -0.4 is 4.90 Å². The van der Waals surface area contributed by atoms with Gasteiger partial charge in [-0.05, 0) is 20.3 Å². The summed E-state index contributed by atoms with van der Waals surface area (Å²) in [7, 11) is 0. The fraction of sp³-hybridized carbons (Fsp3) is 0.667. The van der Waals surface area contributed by atoms with Crippen molar-refractivity contribution in [3.8, 4) is 0 Å². The zero-order valence-corrected chi connectivity index (χ0v) is 13.3. The van der Waals surface area contributed by atoms with E-state index in [4.69, 9.17) is 0 Å². The Labute approximate surface area is 130 Å². The molecule has 1 aromatic heterocycles. The first-order valence-electron chi connectivity index (χ1n) is 7.86. The second-order valence-electron chi connectivity index (χ2n) is 5.38. The maximum atomic E-state index is 12.9. The number of rotatable bonds is 5. The quantitative estimate of drug-likeness (QED) is 0.812. The average molecular weight is 309 g/mol. The molecule has 0 radical (unpaired) electrons. The normalized spacial score (nSPS) is 16.4. The van der Waals surface area contributed by atoms with Gasteiger partial charge < -0.3 is 9.80 Å². The summed E-state index contributed by atoms with van der Waals surface area (Å²) in [5, 5.41) is 0. The van der Waals surface area contributed by atoms with Gasteiger partial charge in [-0.3, -0.25) is 9.69 Å². The van der Waals surface area contributed by atoms with Gasteiger partial charge in [-0.2, -0.15) is 0 Å². The van der Waals surface area contributed by atoms with Crippen molar-refractivity contribution < 1.29 is 9.18 Å². The van der Waals surface area contributed by atoms with Crippen LogP contribution >= 0.6 is 0 Å². The standard InChI is InChI=1S/C15H24FN5O/c1-3-20(4-2)14(22)12-19-6-5-7-21(9-8-19)15-17-10-13(16)11-18-15/h10-11H,3-9,12H2,1-2H3.